The number of carbonyl (C=O) groups excluding carboxylic acids is 6. The summed E-state index contributed by atoms with van der Waals surface area (Å²) in [6, 6.07) is 14.2. The van der Waals surface area contributed by atoms with Gasteiger partial charge in [-0.1, -0.05) is 62.4 Å². The molecule has 2 saturated heterocycles. The molecule has 3 aliphatic carbocycles. The number of ketones is 1. The fourth-order valence-corrected chi connectivity index (χ4v) is 11.6. The highest BCUT2D eigenvalue weighted by Crippen LogP contribution is 2.64. The van der Waals surface area contributed by atoms with Crippen molar-refractivity contribution in [1.82, 2.24) is 5.32 Å². The van der Waals surface area contributed by atoms with Crippen LogP contribution in [0.3, 0.4) is 0 Å². The molecule has 76 heavy (non-hydrogen) atoms. The average Bonchev–Trinajstić information content (AvgIpc) is 3.39. The van der Waals surface area contributed by atoms with E-state index in [4.69, 9.17) is 37.9 Å². The Morgan fingerprint density at radius 2 is 1.53 bits per heavy atom. The summed E-state index contributed by atoms with van der Waals surface area (Å²) in [6.45, 7) is 10.6. The Morgan fingerprint density at radius 3 is 2.12 bits per heavy atom. The van der Waals surface area contributed by atoms with Crippen LogP contribution in [0.5, 0.6) is 0 Å². The fraction of sp³-hybridized carbons (Fsp3) is 0.630. The number of amides is 1. The Labute approximate surface area is 439 Å². The minimum Gasteiger partial charge on any atom is -0.456 e. The minimum absolute atomic E-state index is 0.0157. The molecule has 2 aromatic carbocycles. The molecule has 1 amide bonds. The summed E-state index contributed by atoms with van der Waals surface area (Å²) >= 11 is 0. The average molecular weight is 1070 g/mol. The second kappa shape index (κ2) is 22.5. The predicted octanol–water partition coefficient (Wildman–Crippen LogP) is 1.80. The van der Waals surface area contributed by atoms with Gasteiger partial charge in [0.05, 0.1) is 42.3 Å². The van der Waals surface area contributed by atoms with Crippen molar-refractivity contribution >= 4 is 35.8 Å². The van der Waals surface area contributed by atoms with E-state index in [9.17, 15) is 59.7 Å². The van der Waals surface area contributed by atoms with Crippen molar-refractivity contribution in [2.45, 2.75) is 178 Å². The van der Waals surface area contributed by atoms with Gasteiger partial charge in [0.25, 0.3) is 0 Å². The second-order valence-corrected chi connectivity index (χ2v) is 22.1. The van der Waals surface area contributed by atoms with Crippen LogP contribution in [-0.2, 0) is 57.1 Å². The van der Waals surface area contributed by atoms with Gasteiger partial charge in [0.2, 0.25) is 0 Å². The van der Waals surface area contributed by atoms with Crippen LogP contribution in [-0.4, -0.2) is 175 Å². The fourth-order valence-electron chi connectivity index (χ4n) is 11.6. The Balaban J connectivity index is 1.30. The summed E-state index contributed by atoms with van der Waals surface area (Å²) in [4.78, 5) is 85.7. The molecule has 0 radical (unpaired) electrons. The molecule has 8 N–H and O–H groups in total. The number of ether oxygens (including phenoxy) is 8. The molecule has 1 unspecified atom stereocenters. The molecule has 418 valence electrons. The largest absolute Gasteiger partial charge is 0.456 e. The number of aliphatic hydroxyl groups excluding tert-OH is 6. The van der Waals surface area contributed by atoms with Gasteiger partial charge in [-0.2, -0.15) is 0 Å². The predicted molar refractivity (Wildman–Crippen MR) is 261 cm³/mol. The van der Waals surface area contributed by atoms with Gasteiger partial charge >= 0.3 is 30.0 Å². The van der Waals surface area contributed by atoms with E-state index in [2.05, 4.69) is 5.32 Å². The van der Waals surface area contributed by atoms with Crippen molar-refractivity contribution < 1.29 is 102 Å². The molecule has 2 heterocycles. The lowest BCUT2D eigenvalue weighted by Crippen LogP contribution is -2.82. The van der Waals surface area contributed by atoms with Crippen LogP contribution in [0.1, 0.15) is 109 Å². The van der Waals surface area contributed by atoms with E-state index in [1.807, 2.05) is 0 Å². The van der Waals surface area contributed by atoms with Crippen LogP contribution in [0.2, 0.25) is 0 Å². The lowest BCUT2D eigenvalue weighted by molar-refractivity contribution is -0.346. The highest BCUT2D eigenvalue weighted by atomic mass is 16.7. The van der Waals surface area contributed by atoms with Crippen LogP contribution >= 0.6 is 0 Å². The normalized spacial score (nSPS) is 34.6. The van der Waals surface area contributed by atoms with Gasteiger partial charge in [-0.25, -0.2) is 14.4 Å². The summed E-state index contributed by atoms with van der Waals surface area (Å²) in [5, 5.41) is 81.0. The topological polar surface area (TPSA) is 330 Å². The first-order chi connectivity index (χ1) is 35.6. The van der Waals surface area contributed by atoms with E-state index in [1.54, 1.807) is 69.3 Å². The molecule has 4 fully saturated rings. The molecule has 0 aromatic heterocycles. The highest BCUT2D eigenvalue weighted by molar-refractivity contribution is 5.96. The zero-order valence-corrected chi connectivity index (χ0v) is 43.8. The van der Waals surface area contributed by atoms with Crippen molar-refractivity contribution in [3.05, 3.63) is 82.9 Å². The quantitative estimate of drug-likeness (QED) is 0.0514. The van der Waals surface area contributed by atoms with E-state index >= 15 is 4.79 Å². The SMILES string of the molecule is CC(=O)O[C@@]12CO[C@@H]1C[C@H](O)[C@@]1(C)C(=O)[C@H](OC(=O)CCCCOC3O[C@H](CO)[C@H](O)[C@H](O)[C@H]3O)C3=C(C)[C@@H](OC(=O)[C@H](O)[C@@H](NC(=O)OC(C)(C)C)c4ccccc4)C[C@@](O)([C@@H](OC(=O)c4ccccc4)[C@H]21)C3(C)C. The Hall–Kier alpha value is -5.40. The molecular weight excluding hydrogens is 999 g/mol. The smallest absolute Gasteiger partial charge is 0.408 e. The molecule has 2 aliphatic heterocycles. The number of unbranched alkanes of at least 4 members (excludes halogenated alkanes) is 1. The van der Waals surface area contributed by atoms with Gasteiger partial charge in [0.15, 0.2) is 29.9 Å². The lowest BCUT2D eigenvalue weighted by Gasteiger charge is -2.67. The first-order valence-corrected chi connectivity index (χ1v) is 25.4. The first-order valence-electron chi connectivity index (χ1n) is 25.4. The third-order valence-corrected chi connectivity index (χ3v) is 15.7. The van der Waals surface area contributed by atoms with Crippen LogP contribution in [0.25, 0.3) is 0 Å². The maximum Gasteiger partial charge on any atom is 0.408 e. The molecule has 5 aliphatic rings. The summed E-state index contributed by atoms with van der Waals surface area (Å²) in [6.07, 6.45) is -20.2. The number of nitrogens with one attached hydrogen (secondary N) is 1. The van der Waals surface area contributed by atoms with E-state index < -0.39 is 156 Å². The number of hydrogen-bond donors (Lipinski definition) is 8. The zero-order chi connectivity index (χ0) is 55.9. The summed E-state index contributed by atoms with van der Waals surface area (Å²) in [7, 11) is 0. The van der Waals surface area contributed by atoms with E-state index in [-0.39, 0.29) is 61.2 Å². The van der Waals surface area contributed by atoms with Gasteiger partial charge < -0.3 is 79.0 Å². The molecule has 7 rings (SSSR count). The third kappa shape index (κ3) is 11.0. The van der Waals surface area contributed by atoms with E-state index in [1.165, 1.54) is 39.8 Å². The number of benzene rings is 2. The molecule has 0 spiro atoms. The summed E-state index contributed by atoms with van der Waals surface area (Å²) in [5.41, 5.74) is -9.11. The van der Waals surface area contributed by atoms with Gasteiger partial charge in [0, 0.05) is 38.2 Å². The number of alkyl carbamates (subject to hydrolysis) is 1. The van der Waals surface area contributed by atoms with Crippen molar-refractivity contribution in [3.63, 3.8) is 0 Å². The van der Waals surface area contributed by atoms with Crippen molar-refractivity contribution in [3.8, 4) is 0 Å². The van der Waals surface area contributed by atoms with Gasteiger partial charge in [-0.15, -0.1) is 0 Å². The number of hydrogen-bond acceptors (Lipinski definition) is 21. The van der Waals surface area contributed by atoms with Gasteiger partial charge in [-0.05, 0) is 76.3 Å². The van der Waals surface area contributed by atoms with Gasteiger partial charge in [-0.3, -0.25) is 14.4 Å². The van der Waals surface area contributed by atoms with Crippen LogP contribution in [0.15, 0.2) is 71.8 Å². The van der Waals surface area contributed by atoms with Crippen molar-refractivity contribution in [1.29, 1.82) is 0 Å². The van der Waals surface area contributed by atoms with Crippen LogP contribution < -0.4 is 5.32 Å². The number of rotatable bonds is 16. The number of Topliss-reactive ketones (excluding diaryl/α,β-unsaturated/α-hetero) is 1. The third-order valence-electron chi connectivity index (χ3n) is 15.7. The zero-order valence-electron chi connectivity index (χ0n) is 43.8. The molecular formula is C54H71NO21. The van der Waals surface area contributed by atoms with E-state index in [0.29, 0.717) is 0 Å². The highest BCUT2D eigenvalue weighted by Gasteiger charge is 2.78. The standard InChI is InChI=1S/C54H71NO21/c1-27-31(71-47(66)39(61)37(29-17-11-9-12-18-29)55-49(67)76-50(3,4)5)24-54(68)45(74-46(65)30-19-13-10-14-20-30)43-52(8,33(58)23-34-53(43,26-70-34)75-28(2)57)44(64)42(36(27)51(54,6)7)73-35(59)21-15-16-22-69-48-41(63)40(62)38(60)32(25-56)72-48/h9-14,17-20,31-34,37-43,45,48,56,58,60-63,68H,15-16,21-26H2,1-8H3,(H,55,67)/t31-,32+,33-,34+,37-,38-,39+,40-,41+,42+,43-,45-,48?,52+,53-,54+/m0/s1. The maximum absolute atomic E-state index is 16.0. The van der Waals surface area contributed by atoms with Gasteiger partial charge in [0.1, 0.15) is 53.9 Å². The lowest BCUT2D eigenvalue weighted by atomic mass is 9.44. The molecule has 16 atom stereocenters. The number of fused-ring (bicyclic) bond motifs is 5. The molecule has 22 nitrogen and oxygen atoms in total. The maximum atomic E-state index is 16.0. The molecule has 2 saturated carbocycles. The number of carbonyl (C=O) groups is 6. The van der Waals surface area contributed by atoms with Crippen LogP contribution in [0, 0.1) is 16.7 Å². The first kappa shape index (κ1) is 58.3. The molecule has 2 aromatic rings. The van der Waals surface area contributed by atoms with Crippen molar-refractivity contribution in [2.24, 2.45) is 16.7 Å². The summed E-state index contributed by atoms with van der Waals surface area (Å²) in [5.74, 6) is -6.74. The molecule has 22 heteroatoms. The molecule has 2 bridgehead atoms. The number of esters is 4. The minimum atomic E-state index is -2.51. The Kier molecular flexibility index (Phi) is 17.3. The monoisotopic (exact) mass is 1070 g/mol. The van der Waals surface area contributed by atoms with Crippen molar-refractivity contribution in [2.75, 3.05) is 19.8 Å². The van der Waals surface area contributed by atoms with Crippen LogP contribution in [0.4, 0.5) is 4.79 Å². The summed E-state index contributed by atoms with van der Waals surface area (Å²) < 4.78 is 47.3. The Bertz CT molecular complexity index is 2500. The number of aliphatic hydroxyl groups is 7. The second-order valence-electron chi connectivity index (χ2n) is 22.1. The Morgan fingerprint density at radius 1 is 0.882 bits per heavy atom. The van der Waals surface area contributed by atoms with E-state index in [0.717, 1.165) is 6.92 Å².